The summed E-state index contributed by atoms with van der Waals surface area (Å²) in [5.41, 5.74) is 4.98. The third kappa shape index (κ3) is 2.22. The van der Waals surface area contributed by atoms with Crippen LogP contribution in [0, 0.1) is 6.92 Å². The number of rotatable bonds is 3. The number of aromatic amines is 1. The number of fused-ring (bicyclic) bond motifs is 1. The molecule has 1 N–H and O–H groups in total. The highest BCUT2D eigenvalue weighted by Gasteiger charge is 2.08. The number of aromatic nitrogens is 1. The Labute approximate surface area is 113 Å². The number of H-pyrrole nitrogens is 1. The molecule has 0 aliphatic carbocycles. The largest absolute Gasteiger partial charge is 0.496 e. The molecule has 0 unspecified atom stereocenters. The normalized spacial score (nSPS) is 10.8. The molecule has 0 saturated heterocycles. The average molecular weight is 251 g/mol. The van der Waals surface area contributed by atoms with Gasteiger partial charge in [-0.2, -0.15) is 0 Å². The molecule has 3 rings (SSSR count). The van der Waals surface area contributed by atoms with Crippen LogP contribution in [-0.2, 0) is 6.42 Å². The number of para-hydroxylation sites is 1. The summed E-state index contributed by atoms with van der Waals surface area (Å²) in [6, 6.07) is 14.7. The smallest absolute Gasteiger partial charge is 0.122 e. The quantitative estimate of drug-likeness (QED) is 0.745. The second-order valence-corrected chi connectivity index (χ2v) is 4.85. The molecular weight excluding hydrogens is 234 g/mol. The van der Waals surface area contributed by atoms with Gasteiger partial charge in [-0.05, 0) is 30.2 Å². The summed E-state index contributed by atoms with van der Waals surface area (Å²) in [5, 5.41) is 1.28. The van der Waals surface area contributed by atoms with E-state index < -0.39 is 0 Å². The van der Waals surface area contributed by atoms with Crippen molar-refractivity contribution >= 4 is 10.9 Å². The summed E-state index contributed by atoms with van der Waals surface area (Å²) >= 11 is 0. The summed E-state index contributed by atoms with van der Waals surface area (Å²) in [7, 11) is 1.73. The number of hydrogen-bond acceptors (Lipinski definition) is 1. The monoisotopic (exact) mass is 251 g/mol. The molecule has 19 heavy (non-hydrogen) atoms. The van der Waals surface area contributed by atoms with Gasteiger partial charge in [0.25, 0.3) is 0 Å². The van der Waals surface area contributed by atoms with Gasteiger partial charge in [0.05, 0.1) is 7.11 Å². The van der Waals surface area contributed by atoms with E-state index in [9.17, 15) is 0 Å². The molecule has 0 radical (unpaired) electrons. The molecule has 2 heteroatoms. The minimum absolute atomic E-state index is 0.884. The average Bonchev–Trinajstić information content (AvgIpc) is 2.83. The van der Waals surface area contributed by atoms with E-state index in [2.05, 4.69) is 54.5 Å². The zero-order valence-corrected chi connectivity index (χ0v) is 11.2. The third-order valence-electron chi connectivity index (χ3n) is 3.49. The number of methoxy groups -OCH3 is 1. The maximum atomic E-state index is 5.45. The molecule has 2 aromatic carbocycles. The van der Waals surface area contributed by atoms with Crippen LogP contribution in [0.1, 0.15) is 16.7 Å². The fourth-order valence-electron chi connectivity index (χ4n) is 2.53. The van der Waals surface area contributed by atoms with Crippen molar-refractivity contribution in [1.82, 2.24) is 4.98 Å². The van der Waals surface area contributed by atoms with Gasteiger partial charge in [-0.15, -0.1) is 0 Å². The van der Waals surface area contributed by atoms with Crippen molar-refractivity contribution in [3.8, 4) is 5.75 Å². The van der Waals surface area contributed by atoms with Crippen LogP contribution < -0.4 is 4.74 Å². The maximum absolute atomic E-state index is 5.45. The van der Waals surface area contributed by atoms with Crippen LogP contribution in [0.15, 0.2) is 48.7 Å². The van der Waals surface area contributed by atoms with Gasteiger partial charge in [0, 0.05) is 23.5 Å². The van der Waals surface area contributed by atoms with Crippen LogP contribution in [0.25, 0.3) is 10.9 Å². The first kappa shape index (κ1) is 11.8. The van der Waals surface area contributed by atoms with Gasteiger partial charge in [-0.25, -0.2) is 0 Å². The first-order chi connectivity index (χ1) is 9.28. The van der Waals surface area contributed by atoms with Crippen LogP contribution in [-0.4, -0.2) is 12.1 Å². The van der Waals surface area contributed by atoms with Gasteiger partial charge in [0.15, 0.2) is 0 Å². The van der Waals surface area contributed by atoms with Gasteiger partial charge in [0.1, 0.15) is 5.75 Å². The molecule has 96 valence electrons. The number of benzene rings is 2. The van der Waals surface area contributed by atoms with Crippen LogP contribution in [0.5, 0.6) is 5.75 Å². The van der Waals surface area contributed by atoms with Crippen molar-refractivity contribution in [2.45, 2.75) is 13.3 Å². The fourth-order valence-corrected chi connectivity index (χ4v) is 2.53. The number of nitrogens with one attached hydrogen (secondary N) is 1. The van der Waals surface area contributed by atoms with Gasteiger partial charge in [-0.1, -0.05) is 35.9 Å². The fraction of sp³-hybridized carbons (Fsp3) is 0.176. The first-order valence-corrected chi connectivity index (χ1v) is 6.46. The SMILES string of the molecule is COc1ccc(C)cc1Cc1c[nH]c2ccccc12. The Bertz CT molecular complexity index is 712. The van der Waals surface area contributed by atoms with Crippen molar-refractivity contribution in [3.05, 3.63) is 65.4 Å². The molecule has 0 bridgehead atoms. The summed E-state index contributed by atoms with van der Waals surface area (Å²) in [6.45, 7) is 2.11. The Balaban J connectivity index is 2.03. The Morgan fingerprint density at radius 3 is 2.74 bits per heavy atom. The lowest BCUT2D eigenvalue weighted by atomic mass is 10.0. The zero-order valence-electron chi connectivity index (χ0n) is 11.2. The van der Waals surface area contributed by atoms with Gasteiger partial charge < -0.3 is 9.72 Å². The Morgan fingerprint density at radius 1 is 1.05 bits per heavy atom. The van der Waals surface area contributed by atoms with E-state index in [-0.39, 0.29) is 0 Å². The third-order valence-corrected chi connectivity index (χ3v) is 3.49. The summed E-state index contributed by atoms with van der Waals surface area (Å²) in [5.74, 6) is 0.955. The first-order valence-electron chi connectivity index (χ1n) is 6.46. The molecule has 0 saturated carbocycles. The zero-order chi connectivity index (χ0) is 13.2. The number of aryl methyl sites for hydroxylation is 1. The standard InChI is InChI=1S/C17H17NO/c1-12-7-8-17(19-2)13(9-12)10-14-11-18-16-6-4-3-5-15(14)16/h3-9,11,18H,10H2,1-2H3. The lowest BCUT2D eigenvalue weighted by Crippen LogP contribution is -1.94. The van der Waals surface area contributed by atoms with Gasteiger partial charge >= 0.3 is 0 Å². The number of hydrogen-bond donors (Lipinski definition) is 1. The van der Waals surface area contributed by atoms with E-state index >= 15 is 0 Å². The van der Waals surface area contributed by atoms with Gasteiger partial charge in [-0.3, -0.25) is 0 Å². The van der Waals surface area contributed by atoms with E-state index in [0.717, 1.165) is 12.2 Å². The van der Waals surface area contributed by atoms with Crippen molar-refractivity contribution in [2.24, 2.45) is 0 Å². The maximum Gasteiger partial charge on any atom is 0.122 e. The molecule has 0 amide bonds. The minimum atomic E-state index is 0.884. The van der Waals surface area contributed by atoms with Crippen molar-refractivity contribution in [2.75, 3.05) is 7.11 Å². The van der Waals surface area contributed by atoms with E-state index in [4.69, 9.17) is 4.74 Å². The molecule has 0 aliphatic heterocycles. The highest BCUT2D eigenvalue weighted by Crippen LogP contribution is 2.26. The van der Waals surface area contributed by atoms with E-state index in [0.29, 0.717) is 0 Å². The Morgan fingerprint density at radius 2 is 1.89 bits per heavy atom. The second kappa shape index (κ2) is 4.81. The van der Waals surface area contributed by atoms with E-state index in [1.54, 1.807) is 7.11 Å². The van der Waals surface area contributed by atoms with Crippen molar-refractivity contribution in [3.63, 3.8) is 0 Å². The molecule has 2 nitrogen and oxygen atoms in total. The Hall–Kier alpha value is -2.22. The predicted octanol–water partition coefficient (Wildman–Crippen LogP) is 4.08. The number of ether oxygens (including phenoxy) is 1. The highest BCUT2D eigenvalue weighted by molar-refractivity contribution is 5.83. The molecule has 0 aliphatic rings. The minimum Gasteiger partial charge on any atom is -0.496 e. The molecule has 0 fully saturated rings. The van der Waals surface area contributed by atoms with Crippen LogP contribution in [0.4, 0.5) is 0 Å². The predicted molar refractivity (Wildman–Crippen MR) is 78.8 cm³/mol. The Kier molecular flexibility index (Phi) is 3.00. The lowest BCUT2D eigenvalue weighted by molar-refractivity contribution is 0.410. The summed E-state index contributed by atoms with van der Waals surface area (Å²) in [6.07, 6.45) is 2.97. The van der Waals surface area contributed by atoms with E-state index in [1.807, 2.05) is 6.07 Å². The lowest BCUT2D eigenvalue weighted by Gasteiger charge is -2.09. The highest BCUT2D eigenvalue weighted by atomic mass is 16.5. The molecule has 1 heterocycles. The molecule has 1 aromatic heterocycles. The molecule has 0 atom stereocenters. The summed E-state index contributed by atoms with van der Waals surface area (Å²) < 4.78 is 5.45. The summed E-state index contributed by atoms with van der Waals surface area (Å²) in [4.78, 5) is 3.32. The molecule has 0 spiro atoms. The van der Waals surface area contributed by atoms with Crippen LogP contribution in [0.3, 0.4) is 0 Å². The second-order valence-electron chi connectivity index (χ2n) is 4.85. The van der Waals surface area contributed by atoms with Crippen LogP contribution in [0.2, 0.25) is 0 Å². The van der Waals surface area contributed by atoms with Crippen molar-refractivity contribution < 1.29 is 4.74 Å². The molecule has 3 aromatic rings. The van der Waals surface area contributed by atoms with Crippen molar-refractivity contribution in [1.29, 1.82) is 0 Å². The van der Waals surface area contributed by atoms with E-state index in [1.165, 1.54) is 27.6 Å². The van der Waals surface area contributed by atoms with Gasteiger partial charge in [0.2, 0.25) is 0 Å². The molecular formula is C17H17NO. The topological polar surface area (TPSA) is 25.0 Å². The van der Waals surface area contributed by atoms with Crippen LogP contribution >= 0.6 is 0 Å².